The molecule has 0 amide bonds. The highest BCUT2D eigenvalue weighted by molar-refractivity contribution is 6.30. The second kappa shape index (κ2) is 6.56. The van der Waals surface area contributed by atoms with E-state index in [2.05, 4.69) is 22.8 Å². The molecule has 0 spiro atoms. The van der Waals surface area contributed by atoms with E-state index in [1.807, 2.05) is 24.3 Å². The van der Waals surface area contributed by atoms with E-state index < -0.39 is 0 Å². The van der Waals surface area contributed by atoms with E-state index in [0.717, 1.165) is 25.2 Å². The molecule has 1 saturated heterocycles. The van der Waals surface area contributed by atoms with Crippen molar-refractivity contribution in [1.29, 1.82) is 0 Å². The molecule has 21 heavy (non-hydrogen) atoms. The first-order valence-corrected chi connectivity index (χ1v) is 7.55. The lowest BCUT2D eigenvalue weighted by molar-refractivity contribution is 0.501. The molecular weight excluding hydrogens is 287 g/mol. The fraction of sp³-hybridized carbons (Fsp3) is 0.294. The molecule has 2 N–H and O–H groups in total. The predicted octanol–water partition coefficient (Wildman–Crippen LogP) is 3.32. The van der Waals surface area contributed by atoms with Gasteiger partial charge in [0.05, 0.1) is 5.02 Å². The van der Waals surface area contributed by atoms with E-state index in [4.69, 9.17) is 11.6 Å². The Labute approximate surface area is 129 Å². The molecule has 1 fully saturated rings. The van der Waals surface area contributed by atoms with E-state index in [9.17, 15) is 4.39 Å². The summed E-state index contributed by atoms with van der Waals surface area (Å²) < 4.78 is 13.6. The predicted molar refractivity (Wildman–Crippen MR) is 84.1 cm³/mol. The van der Waals surface area contributed by atoms with Crippen LogP contribution in [0.25, 0.3) is 0 Å². The lowest BCUT2D eigenvalue weighted by Gasteiger charge is -2.20. The van der Waals surface area contributed by atoms with Crippen LogP contribution in [0.2, 0.25) is 5.02 Å². The summed E-state index contributed by atoms with van der Waals surface area (Å²) in [6.07, 6.45) is 0. The minimum Gasteiger partial charge on any atom is -0.314 e. The molecule has 1 aliphatic rings. The van der Waals surface area contributed by atoms with Crippen molar-refractivity contribution in [1.82, 2.24) is 10.6 Å². The first-order chi connectivity index (χ1) is 10.2. The maximum atomic E-state index is 13.6. The molecule has 110 valence electrons. The summed E-state index contributed by atoms with van der Waals surface area (Å²) in [4.78, 5) is 0. The number of hydrogen-bond acceptors (Lipinski definition) is 2. The minimum atomic E-state index is -0.345. The lowest BCUT2D eigenvalue weighted by atomic mass is 9.94. The third-order valence-corrected chi connectivity index (χ3v) is 4.30. The number of rotatable bonds is 4. The zero-order valence-electron chi connectivity index (χ0n) is 11.7. The summed E-state index contributed by atoms with van der Waals surface area (Å²) in [5.41, 5.74) is 2.25. The fourth-order valence-electron chi connectivity index (χ4n) is 2.83. The monoisotopic (exact) mass is 304 g/mol. The molecule has 0 bridgehead atoms. The average Bonchev–Trinajstić information content (AvgIpc) is 2.97. The van der Waals surface area contributed by atoms with E-state index in [1.165, 1.54) is 5.56 Å². The molecule has 2 atom stereocenters. The highest BCUT2D eigenvalue weighted by Crippen LogP contribution is 2.26. The van der Waals surface area contributed by atoms with E-state index in [1.54, 1.807) is 12.1 Å². The summed E-state index contributed by atoms with van der Waals surface area (Å²) in [5.74, 6) is -0.0802. The van der Waals surface area contributed by atoms with Gasteiger partial charge >= 0.3 is 0 Å². The molecule has 0 unspecified atom stereocenters. The Morgan fingerprint density at radius 2 is 1.95 bits per heavy atom. The molecule has 2 aromatic carbocycles. The van der Waals surface area contributed by atoms with Gasteiger partial charge in [-0.05, 0) is 23.3 Å². The van der Waals surface area contributed by atoms with Crippen molar-refractivity contribution in [3.05, 3.63) is 70.5 Å². The highest BCUT2D eigenvalue weighted by atomic mass is 35.5. The molecular formula is C17H18ClFN2. The van der Waals surface area contributed by atoms with Gasteiger partial charge in [0.15, 0.2) is 0 Å². The Balaban J connectivity index is 1.69. The maximum absolute atomic E-state index is 13.6. The molecule has 0 aromatic heterocycles. The Hall–Kier alpha value is -1.42. The molecule has 2 nitrogen and oxygen atoms in total. The average molecular weight is 305 g/mol. The summed E-state index contributed by atoms with van der Waals surface area (Å²) in [6, 6.07) is 15.7. The largest absolute Gasteiger partial charge is 0.314 e. The van der Waals surface area contributed by atoms with Crippen LogP contribution in [0, 0.1) is 5.82 Å². The van der Waals surface area contributed by atoms with Crippen molar-refractivity contribution in [2.75, 3.05) is 13.1 Å². The number of nitrogens with one attached hydrogen (secondary N) is 2. The zero-order valence-corrected chi connectivity index (χ0v) is 12.4. The van der Waals surface area contributed by atoms with Gasteiger partial charge in [-0.25, -0.2) is 4.39 Å². The van der Waals surface area contributed by atoms with Crippen LogP contribution < -0.4 is 10.6 Å². The topological polar surface area (TPSA) is 24.1 Å². The van der Waals surface area contributed by atoms with Gasteiger partial charge < -0.3 is 10.6 Å². The van der Waals surface area contributed by atoms with Gasteiger partial charge in [0.25, 0.3) is 0 Å². The van der Waals surface area contributed by atoms with Crippen LogP contribution in [-0.4, -0.2) is 19.1 Å². The van der Waals surface area contributed by atoms with Crippen LogP contribution in [0.5, 0.6) is 0 Å². The van der Waals surface area contributed by atoms with E-state index in [0.29, 0.717) is 6.04 Å². The standard InChI is InChI=1S/C17H18ClFN2/c18-15-7-6-13(8-16(15)19)14-10-20-11-17(14)21-9-12-4-2-1-3-5-12/h1-8,14,17,20-21H,9-11H2/t14-,17+/m0/s1. The van der Waals surface area contributed by atoms with Crippen molar-refractivity contribution in [2.24, 2.45) is 0 Å². The molecule has 4 heteroatoms. The second-order valence-corrected chi connectivity index (χ2v) is 5.82. The fourth-order valence-corrected chi connectivity index (χ4v) is 2.95. The van der Waals surface area contributed by atoms with Crippen LogP contribution in [-0.2, 0) is 6.54 Å². The summed E-state index contributed by atoms with van der Waals surface area (Å²) >= 11 is 5.76. The first-order valence-electron chi connectivity index (χ1n) is 7.17. The normalized spacial score (nSPS) is 21.6. The molecule has 3 rings (SSSR count). The Morgan fingerprint density at radius 1 is 1.14 bits per heavy atom. The van der Waals surface area contributed by atoms with E-state index >= 15 is 0 Å². The molecule has 0 aliphatic carbocycles. The van der Waals surface area contributed by atoms with Gasteiger partial charge in [-0.15, -0.1) is 0 Å². The molecule has 1 aliphatic heterocycles. The van der Waals surface area contributed by atoms with Gasteiger partial charge in [-0.1, -0.05) is 48.0 Å². The summed E-state index contributed by atoms with van der Waals surface area (Å²) in [5, 5.41) is 7.12. The smallest absolute Gasteiger partial charge is 0.142 e. The SMILES string of the molecule is Fc1cc([C@@H]2CNC[C@H]2NCc2ccccc2)ccc1Cl. The van der Waals surface area contributed by atoms with Gasteiger partial charge in [-0.3, -0.25) is 0 Å². The highest BCUT2D eigenvalue weighted by Gasteiger charge is 2.28. The molecule has 2 aromatic rings. The third kappa shape index (κ3) is 3.43. The van der Waals surface area contributed by atoms with Crippen LogP contribution in [0.15, 0.2) is 48.5 Å². The number of benzene rings is 2. The van der Waals surface area contributed by atoms with Gasteiger partial charge in [0.2, 0.25) is 0 Å². The van der Waals surface area contributed by atoms with Gasteiger partial charge in [-0.2, -0.15) is 0 Å². The van der Waals surface area contributed by atoms with Gasteiger partial charge in [0, 0.05) is 31.6 Å². The maximum Gasteiger partial charge on any atom is 0.142 e. The Bertz CT molecular complexity index is 603. The van der Waals surface area contributed by atoms with Crippen LogP contribution in [0.3, 0.4) is 0 Å². The van der Waals surface area contributed by atoms with Crippen molar-refractivity contribution >= 4 is 11.6 Å². The summed E-state index contributed by atoms with van der Waals surface area (Å²) in [7, 11) is 0. The van der Waals surface area contributed by atoms with Crippen LogP contribution in [0.1, 0.15) is 17.0 Å². The molecule has 0 saturated carbocycles. The van der Waals surface area contributed by atoms with E-state index in [-0.39, 0.29) is 16.8 Å². The first kappa shape index (κ1) is 14.5. The van der Waals surface area contributed by atoms with Crippen molar-refractivity contribution in [2.45, 2.75) is 18.5 Å². The molecule has 0 radical (unpaired) electrons. The minimum absolute atomic E-state index is 0.179. The van der Waals surface area contributed by atoms with Crippen molar-refractivity contribution in [3.8, 4) is 0 Å². The zero-order chi connectivity index (χ0) is 14.7. The number of hydrogen-bond donors (Lipinski definition) is 2. The summed E-state index contributed by atoms with van der Waals surface area (Å²) in [6.45, 7) is 2.56. The molecule has 1 heterocycles. The Morgan fingerprint density at radius 3 is 2.71 bits per heavy atom. The van der Waals surface area contributed by atoms with Crippen molar-refractivity contribution < 1.29 is 4.39 Å². The lowest BCUT2D eigenvalue weighted by Crippen LogP contribution is -2.34. The third-order valence-electron chi connectivity index (χ3n) is 4.00. The number of halogens is 2. The van der Waals surface area contributed by atoms with Gasteiger partial charge in [0.1, 0.15) is 5.82 Å². The van der Waals surface area contributed by atoms with Crippen LogP contribution >= 0.6 is 11.6 Å². The second-order valence-electron chi connectivity index (χ2n) is 5.41. The Kier molecular flexibility index (Phi) is 4.54. The quantitative estimate of drug-likeness (QED) is 0.905. The van der Waals surface area contributed by atoms with Crippen LogP contribution in [0.4, 0.5) is 4.39 Å². The van der Waals surface area contributed by atoms with Crippen molar-refractivity contribution in [3.63, 3.8) is 0 Å².